The Hall–Kier alpha value is -1.53. The Labute approximate surface area is 92.9 Å². The maximum absolute atomic E-state index is 10.5. The first-order chi connectivity index (χ1) is 7.08. The summed E-state index contributed by atoms with van der Waals surface area (Å²) in [7, 11) is 0. The number of alkyl halides is 1. The summed E-state index contributed by atoms with van der Waals surface area (Å²) < 4.78 is 0. The van der Waals surface area contributed by atoms with Gasteiger partial charge in [0.05, 0.1) is 18.1 Å². The number of carboxylic acid groups (broad SMARTS) is 1. The quantitative estimate of drug-likeness (QED) is 0.800. The lowest BCUT2D eigenvalue weighted by molar-refractivity contribution is -0.136. The molecule has 0 aromatic heterocycles. The van der Waals surface area contributed by atoms with Gasteiger partial charge in [0.1, 0.15) is 0 Å². The van der Waals surface area contributed by atoms with Crippen LogP contribution in [0.15, 0.2) is 12.1 Å². The Kier molecular flexibility index (Phi) is 3.70. The van der Waals surface area contributed by atoms with Crippen LogP contribution in [0.4, 0.5) is 0 Å². The highest BCUT2D eigenvalue weighted by Crippen LogP contribution is 2.18. The normalized spacial score (nSPS) is 9.67. The van der Waals surface area contributed by atoms with Crippen LogP contribution < -0.4 is 0 Å². The third kappa shape index (κ3) is 2.71. The van der Waals surface area contributed by atoms with E-state index >= 15 is 0 Å². The smallest absolute Gasteiger partial charge is 0.307 e. The predicted molar refractivity (Wildman–Crippen MR) is 56.8 cm³/mol. The number of hydrogen-bond acceptors (Lipinski definition) is 2. The molecule has 0 aliphatic carbocycles. The summed E-state index contributed by atoms with van der Waals surface area (Å²) in [5.41, 5.74) is 2.68. The van der Waals surface area contributed by atoms with Crippen LogP contribution in [0.2, 0.25) is 0 Å². The molecule has 0 heterocycles. The van der Waals surface area contributed by atoms with Crippen LogP contribution in [0.25, 0.3) is 0 Å². The van der Waals surface area contributed by atoms with Gasteiger partial charge < -0.3 is 5.11 Å². The molecule has 0 unspecified atom stereocenters. The number of carbonyl (C=O) groups is 1. The Morgan fingerprint density at radius 3 is 2.73 bits per heavy atom. The zero-order chi connectivity index (χ0) is 11.4. The summed E-state index contributed by atoms with van der Waals surface area (Å²) in [6.45, 7) is 1.78. The van der Waals surface area contributed by atoms with Gasteiger partial charge in [-0.1, -0.05) is 12.1 Å². The van der Waals surface area contributed by atoms with Crippen molar-refractivity contribution in [2.24, 2.45) is 0 Å². The fourth-order valence-electron chi connectivity index (χ4n) is 1.48. The van der Waals surface area contributed by atoms with Crippen molar-refractivity contribution in [2.75, 3.05) is 0 Å². The van der Waals surface area contributed by atoms with E-state index in [0.29, 0.717) is 16.7 Å². The Bertz CT molecular complexity index is 435. The van der Waals surface area contributed by atoms with Crippen LogP contribution in [-0.4, -0.2) is 11.1 Å². The van der Waals surface area contributed by atoms with Crippen LogP contribution in [0.5, 0.6) is 0 Å². The number of aliphatic carboxylic acids is 1. The molecule has 0 fully saturated rings. The highest BCUT2D eigenvalue weighted by molar-refractivity contribution is 6.17. The largest absolute Gasteiger partial charge is 0.481 e. The molecule has 0 aliphatic heterocycles. The van der Waals surface area contributed by atoms with Crippen molar-refractivity contribution >= 4 is 17.6 Å². The van der Waals surface area contributed by atoms with E-state index in [1.165, 1.54) is 0 Å². The number of hydrogen-bond donors (Lipinski definition) is 1. The lowest BCUT2D eigenvalue weighted by atomic mass is 9.99. The standard InChI is InChI=1S/C11H10ClNO2/c1-7-2-8(4-11(14)15)3-9(5-12)10(7)6-13/h2-3H,4-5H2,1H3,(H,14,15). The minimum Gasteiger partial charge on any atom is -0.481 e. The molecular weight excluding hydrogens is 214 g/mol. The Morgan fingerprint density at radius 2 is 2.27 bits per heavy atom. The second kappa shape index (κ2) is 4.81. The minimum atomic E-state index is -0.889. The van der Waals surface area contributed by atoms with Crippen molar-refractivity contribution in [3.8, 4) is 6.07 Å². The average Bonchev–Trinajstić information content (AvgIpc) is 2.15. The molecule has 3 nitrogen and oxygen atoms in total. The summed E-state index contributed by atoms with van der Waals surface area (Å²) in [4.78, 5) is 10.5. The molecule has 0 radical (unpaired) electrons. The zero-order valence-electron chi connectivity index (χ0n) is 8.25. The molecule has 1 aromatic carbocycles. The number of aryl methyl sites for hydroxylation is 1. The van der Waals surface area contributed by atoms with Crippen molar-refractivity contribution < 1.29 is 9.90 Å². The molecule has 4 heteroatoms. The summed E-state index contributed by atoms with van der Waals surface area (Å²) in [6, 6.07) is 5.45. The monoisotopic (exact) mass is 223 g/mol. The molecule has 1 N–H and O–H groups in total. The molecule has 0 amide bonds. The van der Waals surface area contributed by atoms with Crippen LogP contribution in [0.1, 0.15) is 22.3 Å². The first-order valence-corrected chi connectivity index (χ1v) is 4.92. The van der Waals surface area contributed by atoms with Crippen molar-refractivity contribution in [1.82, 2.24) is 0 Å². The molecule has 0 aliphatic rings. The number of halogens is 1. The third-order valence-corrected chi connectivity index (χ3v) is 2.38. The highest BCUT2D eigenvalue weighted by atomic mass is 35.5. The van der Waals surface area contributed by atoms with Gasteiger partial charge in [-0.25, -0.2) is 0 Å². The maximum atomic E-state index is 10.5. The van der Waals surface area contributed by atoms with Crippen LogP contribution in [0, 0.1) is 18.3 Å². The first-order valence-electron chi connectivity index (χ1n) is 4.38. The van der Waals surface area contributed by atoms with E-state index in [9.17, 15) is 4.79 Å². The van der Waals surface area contributed by atoms with Crippen LogP contribution >= 0.6 is 11.6 Å². The van der Waals surface area contributed by atoms with E-state index in [4.69, 9.17) is 22.0 Å². The second-order valence-corrected chi connectivity index (χ2v) is 3.53. The van der Waals surface area contributed by atoms with Crippen molar-refractivity contribution in [3.05, 3.63) is 34.4 Å². The number of nitrogens with zero attached hydrogens (tertiary/aromatic N) is 1. The van der Waals surface area contributed by atoms with Crippen molar-refractivity contribution in [3.63, 3.8) is 0 Å². The topological polar surface area (TPSA) is 61.1 Å². The molecule has 78 valence electrons. The van der Waals surface area contributed by atoms with Gasteiger partial charge in [-0.3, -0.25) is 4.79 Å². The number of carboxylic acids is 1. The van der Waals surface area contributed by atoms with E-state index in [2.05, 4.69) is 6.07 Å². The van der Waals surface area contributed by atoms with Gasteiger partial charge in [-0.15, -0.1) is 11.6 Å². The zero-order valence-corrected chi connectivity index (χ0v) is 9.01. The fourth-order valence-corrected chi connectivity index (χ4v) is 1.69. The van der Waals surface area contributed by atoms with E-state index in [0.717, 1.165) is 5.56 Å². The molecule has 0 saturated carbocycles. The van der Waals surface area contributed by atoms with Gasteiger partial charge in [-0.2, -0.15) is 5.26 Å². The SMILES string of the molecule is Cc1cc(CC(=O)O)cc(CCl)c1C#N. The maximum Gasteiger partial charge on any atom is 0.307 e. The second-order valence-electron chi connectivity index (χ2n) is 3.26. The van der Waals surface area contributed by atoms with E-state index < -0.39 is 5.97 Å². The first kappa shape index (κ1) is 11.5. The van der Waals surface area contributed by atoms with Gasteiger partial charge in [0.25, 0.3) is 0 Å². The lowest BCUT2D eigenvalue weighted by Crippen LogP contribution is -2.02. The minimum absolute atomic E-state index is 0.0452. The van der Waals surface area contributed by atoms with E-state index in [-0.39, 0.29) is 12.3 Å². The number of rotatable bonds is 3. The van der Waals surface area contributed by atoms with Gasteiger partial charge in [-0.05, 0) is 23.6 Å². The summed E-state index contributed by atoms with van der Waals surface area (Å²) >= 11 is 5.69. The summed E-state index contributed by atoms with van der Waals surface area (Å²) in [5, 5.41) is 17.5. The Balaban J connectivity index is 3.21. The van der Waals surface area contributed by atoms with E-state index in [1.807, 2.05) is 0 Å². The fraction of sp³-hybridized carbons (Fsp3) is 0.273. The molecule has 0 atom stereocenters. The molecule has 0 bridgehead atoms. The lowest BCUT2D eigenvalue weighted by Gasteiger charge is -2.06. The van der Waals surface area contributed by atoms with Gasteiger partial charge in [0, 0.05) is 5.88 Å². The van der Waals surface area contributed by atoms with Gasteiger partial charge >= 0.3 is 5.97 Å². The van der Waals surface area contributed by atoms with Crippen LogP contribution in [0.3, 0.4) is 0 Å². The molecular formula is C11H10ClNO2. The van der Waals surface area contributed by atoms with E-state index in [1.54, 1.807) is 19.1 Å². The van der Waals surface area contributed by atoms with Crippen molar-refractivity contribution in [1.29, 1.82) is 5.26 Å². The predicted octanol–water partition coefficient (Wildman–Crippen LogP) is 2.23. The third-order valence-electron chi connectivity index (χ3n) is 2.09. The Morgan fingerprint density at radius 1 is 1.60 bits per heavy atom. The van der Waals surface area contributed by atoms with Gasteiger partial charge in [0.15, 0.2) is 0 Å². The molecule has 0 saturated heterocycles. The molecule has 1 rings (SSSR count). The van der Waals surface area contributed by atoms with Crippen LogP contribution in [-0.2, 0) is 17.1 Å². The highest BCUT2D eigenvalue weighted by Gasteiger charge is 2.09. The van der Waals surface area contributed by atoms with Gasteiger partial charge in [0.2, 0.25) is 0 Å². The number of benzene rings is 1. The average molecular weight is 224 g/mol. The summed E-state index contributed by atoms with van der Waals surface area (Å²) in [5.74, 6) is -0.670. The summed E-state index contributed by atoms with van der Waals surface area (Å²) in [6.07, 6.45) is -0.0452. The van der Waals surface area contributed by atoms with Crippen molar-refractivity contribution in [2.45, 2.75) is 19.2 Å². The molecule has 0 spiro atoms. The number of nitriles is 1. The molecule has 15 heavy (non-hydrogen) atoms. The molecule has 1 aromatic rings.